The number of hydrogen-bond acceptors (Lipinski definition) is 4. The Morgan fingerprint density at radius 2 is 2.24 bits per heavy atom. The number of aromatic nitrogens is 3. The molecule has 0 bridgehead atoms. The fourth-order valence-electron chi connectivity index (χ4n) is 1.32. The quantitative estimate of drug-likeness (QED) is 0.946. The van der Waals surface area contributed by atoms with Crippen molar-refractivity contribution in [3.8, 4) is 0 Å². The van der Waals surface area contributed by atoms with Crippen molar-refractivity contribution in [3.05, 3.63) is 34.6 Å². The van der Waals surface area contributed by atoms with Crippen molar-refractivity contribution in [2.75, 3.05) is 0 Å². The smallest absolute Gasteiger partial charge is 0.195 e. The molecule has 1 heterocycles. The zero-order chi connectivity index (χ0) is 12.4. The molecule has 0 aliphatic rings. The summed E-state index contributed by atoms with van der Waals surface area (Å²) in [5.41, 5.74) is 0.888. The molecule has 0 saturated carbocycles. The second kappa shape index (κ2) is 5.20. The van der Waals surface area contributed by atoms with Crippen molar-refractivity contribution in [2.45, 2.75) is 23.1 Å². The molecule has 0 fully saturated rings. The highest BCUT2D eigenvalue weighted by Gasteiger charge is 2.09. The summed E-state index contributed by atoms with van der Waals surface area (Å²) in [7, 11) is 1.90. The Balaban J connectivity index is 2.26. The van der Waals surface area contributed by atoms with Gasteiger partial charge < -0.3 is 9.67 Å². The number of aryl methyl sites for hydroxylation is 1. The number of aliphatic hydroxyl groups is 1. The first-order valence-electron chi connectivity index (χ1n) is 5.07. The Kier molecular flexibility index (Phi) is 3.86. The van der Waals surface area contributed by atoms with E-state index in [1.807, 2.05) is 29.8 Å². The molecule has 4 nitrogen and oxygen atoms in total. The van der Waals surface area contributed by atoms with Crippen molar-refractivity contribution in [1.29, 1.82) is 0 Å². The van der Waals surface area contributed by atoms with Gasteiger partial charge in [0.05, 0.1) is 6.10 Å². The van der Waals surface area contributed by atoms with Crippen LogP contribution in [-0.2, 0) is 7.05 Å². The van der Waals surface area contributed by atoms with E-state index in [1.54, 1.807) is 13.3 Å². The van der Waals surface area contributed by atoms with E-state index in [2.05, 4.69) is 26.1 Å². The van der Waals surface area contributed by atoms with E-state index in [1.165, 1.54) is 11.8 Å². The lowest BCUT2D eigenvalue weighted by Crippen LogP contribution is -1.92. The summed E-state index contributed by atoms with van der Waals surface area (Å²) in [6.45, 7) is 1.75. The molecule has 1 atom stereocenters. The van der Waals surface area contributed by atoms with Crippen molar-refractivity contribution in [3.63, 3.8) is 0 Å². The van der Waals surface area contributed by atoms with Crippen molar-refractivity contribution >= 4 is 27.7 Å². The van der Waals surface area contributed by atoms with Crippen LogP contribution >= 0.6 is 27.7 Å². The maximum Gasteiger partial charge on any atom is 0.195 e. The number of benzene rings is 1. The van der Waals surface area contributed by atoms with Crippen molar-refractivity contribution in [2.24, 2.45) is 7.05 Å². The molecule has 0 spiro atoms. The summed E-state index contributed by atoms with van der Waals surface area (Å²) in [5.74, 6) is 0. The molecule has 2 aromatic rings. The van der Waals surface area contributed by atoms with E-state index in [0.29, 0.717) is 0 Å². The summed E-state index contributed by atoms with van der Waals surface area (Å²) in [6.07, 6.45) is 1.21. The number of rotatable bonds is 3. The van der Waals surface area contributed by atoms with E-state index in [0.717, 1.165) is 20.1 Å². The van der Waals surface area contributed by atoms with Crippen LogP contribution < -0.4 is 0 Å². The molecule has 1 N–H and O–H groups in total. The van der Waals surface area contributed by atoms with Crippen LogP contribution in [0.25, 0.3) is 0 Å². The molecule has 0 aliphatic heterocycles. The minimum absolute atomic E-state index is 0.458. The largest absolute Gasteiger partial charge is 0.389 e. The molecule has 1 aromatic heterocycles. The molecule has 0 aliphatic carbocycles. The molecular formula is C11H12BrN3OS. The minimum Gasteiger partial charge on any atom is -0.389 e. The second-order valence-corrected chi connectivity index (χ2v) is 5.56. The topological polar surface area (TPSA) is 50.9 Å². The minimum atomic E-state index is -0.458. The highest BCUT2D eigenvalue weighted by atomic mass is 79.9. The van der Waals surface area contributed by atoms with Gasteiger partial charge in [0.25, 0.3) is 0 Å². The Bertz CT molecular complexity index is 527. The standard InChI is InChI=1S/C11H12BrN3OS/c1-7(16)8-3-4-10(9(12)5-8)17-11-14-13-6-15(11)2/h3-7,16H,1-2H3. The average Bonchev–Trinajstić information content (AvgIpc) is 2.67. The lowest BCUT2D eigenvalue weighted by molar-refractivity contribution is 0.199. The molecule has 0 saturated heterocycles. The number of halogens is 1. The Morgan fingerprint density at radius 1 is 1.47 bits per heavy atom. The number of hydrogen-bond donors (Lipinski definition) is 1. The molecule has 0 amide bonds. The van der Waals surface area contributed by atoms with Gasteiger partial charge in [0, 0.05) is 16.4 Å². The third-order valence-corrected chi connectivity index (χ3v) is 4.36. The van der Waals surface area contributed by atoms with Gasteiger partial charge in [0.2, 0.25) is 0 Å². The van der Waals surface area contributed by atoms with Crippen LogP contribution in [0.15, 0.2) is 39.1 Å². The Labute approximate surface area is 112 Å². The molecule has 17 heavy (non-hydrogen) atoms. The van der Waals surface area contributed by atoms with Gasteiger partial charge in [-0.25, -0.2) is 0 Å². The summed E-state index contributed by atoms with van der Waals surface area (Å²) in [6, 6.07) is 5.79. The summed E-state index contributed by atoms with van der Waals surface area (Å²) in [5, 5.41) is 18.2. The van der Waals surface area contributed by atoms with Crippen LogP contribution in [0.2, 0.25) is 0 Å². The SMILES string of the molecule is CC(O)c1ccc(Sc2nncn2C)c(Br)c1. The normalized spacial score (nSPS) is 12.7. The van der Waals surface area contributed by atoms with Crippen LogP contribution in [0, 0.1) is 0 Å². The van der Waals surface area contributed by atoms with Gasteiger partial charge >= 0.3 is 0 Å². The van der Waals surface area contributed by atoms with Crippen LogP contribution in [-0.4, -0.2) is 19.9 Å². The van der Waals surface area contributed by atoms with Crippen molar-refractivity contribution < 1.29 is 5.11 Å². The predicted molar refractivity (Wildman–Crippen MR) is 69.9 cm³/mol. The van der Waals surface area contributed by atoms with Crippen LogP contribution in [0.5, 0.6) is 0 Å². The van der Waals surface area contributed by atoms with Gasteiger partial charge in [0.1, 0.15) is 6.33 Å². The molecular weight excluding hydrogens is 302 g/mol. The highest BCUT2D eigenvalue weighted by molar-refractivity contribution is 9.10. The monoisotopic (exact) mass is 313 g/mol. The van der Waals surface area contributed by atoms with Crippen LogP contribution in [0.1, 0.15) is 18.6 Å². The summed E-state index contributed by atoms with van der Waals surface area (Å²) in [4.78, 5) is 1.05. The van der Waals surface area contributed by atoms with Crippen molar-refractivity contribution in [1.82, 2.24) is 14.8 Å². The molecule has 1 aromatic carbocycles. The lowest BCUT2D eigenvalue weighted by Gasteiger charge is -2.08. The molecule has 1 unspecified atom stereocenters. The zero-order valence-corrected chi connectivity index (χ0v) is 11.9. The Morgan fingerprint density at radius 3 is 2.76 bits per heavy atom. The lowest BCUT2D eigenvalue weighted by atomic mass is 10.1. The first kappa shape index (κ1) is 12.6. The second-order valence-electron chi connectivity index (χ2n) is 3.69. The summed E-state index contributed by atoms with van der Waals surface area (Å²) >= 11 is 5.03. The van der Waals surface area contributed by atoms with Gasteiger partial charge in [0.15, 0.2) is 5.16 Å². The molecule has 2 rings (SSSR count). The molecule has 90 valence electrons. The third kappa shape index (κ3) is 2.88. The number of aliphatic hydroxyl groups excluding tert-OH is 1. The first-order chi connectivity index (χ1) is 8.08. The third-order valence-electron chi connectivity index (χ3n) is 2.31. The van der Waals surface area contributed by atoms with Gasteiger partial charge in [-0.3, -0.25) is 0 Å². The summed E-state index contributed by atoms with van der Waals surface area (Å²) < 4.78 is 2.81. The molecule has 0 radical (unpaired) electrons. The predicted octanol–water partition coefficient (Wildman–Crippen LogP) is 2.78. The van der Waals surface area contributed by atoms with E-state index in [9.17, 15) is 5.11 Å². The van der Waals surface area contributed by atoms with Gasteiger partial charge in [-0.2, -0.15) is 0 Å². The Hall–Kier alpha value is -0.850. The highest BCUT2D eigenvalue weighted by Crippen LogP contribution is 2.33. The fourth-order valence-corrected chi connectivity index (χ4v) is 2.73. The van der Waals surface area contributed by atoms with Crippen LogP contribution in [0.3, 0.4) is 0 Å². The van der Waals surface area contributed by atoms with E-state index < -0.39 is 6.10 Å². The first-order valence-corrected chi connectivity index (χ1v) is 6.68. The van der Waals surface area contributed by atoms with Crippen LogP contribution in [0.4, 0.5) is 0 Å². The average molecular weight is 314 g/mol. The number of nitrogens with zero attached hydrogens (tertiary/aromatic N) is 3. The van der Waals surface area contributed by atoms with E-state index >= 15 is 0 Å². The van der Waals surface area contributed by atoms with E-state index in [4.69, 9.17) is 0 Å². The fraction of sp³-hybridized carbons (Fsp3) is 0.273. The van der Waals surface area contributed by atoms with Gasteiger partial charge in [-0.15, -0.1) is 10.2 Å². The maximum absolute atomic E-state index is 9.49. The zero-order valence-electron chi connectivity index (χ0n) is 9.46. The molecule has 6 heteroatoms. The van der Waals surface area contributed by atoms with E-state index in [-0.39, 0.29) is 0 Å². The van der Waals surface area contributed by atoms with Gasteiger partial charge in [-0.1, -0.05) is 6.07 Å². The van der Waals surface area contributed by atoms with Gasteiger partial charge in [-0.05, 0) is 52.3 Å². The maximum atomic E-state index is 9.49.